The van der Waals surface area contributed by atoms with E-state index in [4.69, 9.17) is 14.0 Å². The number of rotatable bonds is 12. The van der Waals surface area contributed by atoms with E-state index in [1.807, 2.05) is 6.26 Å². The van der Waals surface area contributed by atoms with Crippen LogP contribution >= 0.6 is 31.3 Å². The van der Waals surface area contributed by atoms with Gasteiger partial charge in [0.05, 0.1) is 38.7 Å². The molecular weight excluding hydrogens is 572 g/mol. The molecule has 4 rings (SSSR count). The van der Waals surface area contributed by atoms with Crippen LogP contribution in [0, 0.1) is 0 Å². The van der Waals surface area contributed by atoms with E-state index in [2.05, 4.69) is 20.3 Å². The maximum atomic E-state index is 12.7. The summed E-state index contributed by atoms with van der Waals surface area (Å²) < 4.78 is 69.5. The summed E-state index contributed by atoms with van der Waals surface area (Å²) in [6.07, 6.45) is -4.47. The molecule has 2 N–H and O–H groups in total. The standard InChI is InChI=1S/C20H30F3N6O6PS2/c1-37-9-3-24-17-16-18(27-19(26-17)38-8-2-20(21,22)23)29(12-25-16)15-10-13(30)14(35-15)11-34-36(31,32)28-4-6-33-7-5-28/h12-15,30H,2-11H2,1H3,(H,31,32)(H,24,26,27)/p-1/t13-,14+,15+/m0/s1. The predicted octanol–water partition coefficient (Wildman–Crippen LogP) is 2.11. The number of nitrogens with one attached hydrogen (secondary N) is 1. The molecule has 0 amide bonds. The lowest BCUT2D eigenvalue weighted by Crippen LogP contribution is -2.39. The zero-order valence-corrected chi connectivity index (χ0v) is 23.0. The third-order valence-electron chi connectivity index (χ3n) is 5.87. The number of imidazole rings is 1. The lowest BCUT2D eigenvalue weighted by molar-refractivity contribution is -0.218. The number of aromatic nitrogens is 4. The number of nitrogens with zero attached hydrogens (tertiary/aromatic N) is 5. The molecule has 2 fully saturated rings. The van der Waals surface area contributed by atoms with Gasteiger partial charge in [0.15, 0.2) is 22.1 Å². The van der Waals surface area contributed by atoms with Crippen molar-refractivity contribution in [2.45, 2.75) is 42.6 Å². The number of ether oxygens (including phenoxy) is 2. The van der Waals surface area contributed by atoms with E-state index in [1.165, 1.54) is 11.0 Å². The van der Waals surface area contributed by atoms with Gasteiger partial charge in [-0.2, -0.15) is 24.9 Å². The number of anilines is 1. The summed E-state index contributed by atoms with van der Waals surface area (Å²) in [7, 11) is -4.34. The van der Waals surface area contributed by atoms with Gasteiger partial charge in [0.25, 0.3) is 0 Å². The van der Waals surface area contributed by atoms with E-state index < -0.39 is 38.8 Å². The average Bonchev–Trinajstić information content (AvgIpc) is 3.46. The van der Waals surface area contributed by atoms with Crippen LogP contribution in [0.3, 0.4) is 0 Å². The minimum Gasteiger partial charge on any atom is -0.766 e. The zero-order valence-electron chi connectivity index (χ0n) is 20.5. The van der Waals surface area contributed by atoms with Crippen LogP contribution in [0.4, 0.5) is 19.0 Å². The predicted molar refractivity (Wildman–Crippen MR) is 134 cm³/mol. The summed E-state index contributed by atoms with van der Waals surface area (Å²) in [4.78, 5) is 25.6. The average molecular weight is 602 g/mol. The van der Waals surface area contributed by atoms with Gasteiger partial charge in [-0.3, -0.25) is 9.13 Å². The summed E-state index contributed by atoms with van der Waals surface area (Å²) in [5, 5.41) is 13.9. The van der Waals surface area contributed by atoms with Crippen LogP contribution in [0.15, 0.2) is 11.5 Å². The van der Waals surface area contributed by atoms with E-state index in [1.54, 1.807) is 16.3 Å². The number of alkyl halides is 3. The number of fused-ring (bicyclic) bond motifs is 1. The van der Waals surface area contributed by atoms with Crippen molar-refractivity contribution in [1.29, 1.82) is 0 Å². The SMILES string of the molecule is CSCCNc1nc(SCCC(F)(F)F)nc2c1ncn2[C@H]1C[C@H](O)[C@@H](COP(=O)([O-])N2CCOCC2)O1. The summed E-state index contributed by atoms with van der Waals surface area (Å²) >= 11 is 2.49. The summed E-state index contributed by atoms with van der Waals surface area (Å²) in [6.45, 7) is 1.12. The van der Waals surface area contributed by atoms with Crippen molar-refractivity contribution >= 4 is 48.3 Å². The van der Waals surface area contributed by atoms with Crippen molar-refractivity contribution in [3.05, 3.63) is 6.33 Å². The highest BCUT2D eigenvalue weighted by Crippen LogP contribution is 2.43. The highest BCUT2D eigenvalue weighted by Gasteiger charge is 2.37. The highest BCUT2D eigenvalue weighted by atomic mass is 32.2. The van der Waals surface area contributed by atoms with Gasteiger partial charge >= 0.3 is 6.18 Å². The molecule has 0 aromatic carbocycles. The number of thioether (sulfide) groups is 2. The monoisotopic (exact) mass is 601 g/mol. The van der Waals surface area contributed by atoms with E-state index in [0.29, 0.717) is 23.5 Å². The molecule has 0 radical (unpaired) electrons. The first kappa shape index (κ1) is 29.8. The van der Waals surface area contributed by atoms with Crippen molar-refractivity contribution in [3.63, 3.8) is 0 Å². The van der Waals surface area contributed by atoms with Crippen LogP contribution in [0.5, 0.6) is 0 Å². The molecule has 214 valence electrons. The molecule has 1 unspecified atom stereocenters. The molecule has 2 aromatic rings. The Morgan fingerprint density at radius 1 is 1.32 bits per heavy atom. The Labute approximate surface area is 225 Å². The molecule has 18 heteroatoms. The van der Waals surface area contributed by atoms with Crippen molar-refractivity contribution in [2.75, 3.05) is 62.5 Å². The van der Waals surface area contributed by atoms with Crippen molar-refractivity contribution in [1.82, 2.24) is 24.2 Å². The third-order valence-corrected chi connectivity index (χ3v) is 8.90. The fraction of sp³-hybridized carbons (Fsp3) is 0.750. The number of hydrogen-bond acceptors (Lipinski definition) is 12. The largest absolute Gasteiger partial charge is 0.766 e. The molecule has 12 nitrogen and oxygen atoms in total. The zero-order chi connectivity index (χ0) is 27.3. The topological polar surface area (TPSA) is 147 Å². The molecule has 0 saturated carbocycles. The second-order valence-electron chi connectivity index (χ2n) is 8.57. The van der Waals surface area contributed by atoms with Crippen molar-refractivity contribution in [3.8, 4) is 0 Å². The van der Waals surface area contributed by atoms with Crippen LogP contribution in [-0.4, -0.2) is 105 Å². The molecule has 2 aliphatic heterocycles. The molecular formula is C20H29F3N6O6PS2-. The van der Waals surface area contributed by atoms with E-state index in [-0.39, 0.29) is 50.2 Å². The Balaban J connectivity index is 1.48. The first-order valence-electron chi connectivity index (χ1n) is 11.9. The number of morpholine rings is 1. The van der Waals surface area contributed by atoms with Gasteiger partial charge in [0.2, 0.25) is 7.75 Å². The van der Waals surface area contributed by atoms with E-state index in [9.17, 15) is 27.7 Å². The molecule has 0 aliphatic carbocycles. The summed E-state index contributed by atoms with van der Waals surface area (Å²) in [5.41, 5.74) is 0.725. The Kier molecular flexibility index (Phi) is 10.2. The first-order valence-corrected chi connectivity index (χ1v) is 15.7. The third kappa shape index (κ3) is 7.73. The molecule has 2 saturated heterocycles. The number of aliphatic hydroxyl groups is 1. The minimum absolute atomic E-state index is 0.107. The fourth-order valence-corrected chi connectivity index (χ4v) is 6.19. The molecule has 2 aliphatic rings. The smallest absolute Gasteiger partial charge is 0.389 e. The van der Waals surface area contributed by atoms with Crippen LogP contribution in [-0.2, 0) is 18.6 Å². The maximum absolute atomic E-state index is 12.7. The van der Waals surface area contributed by atoms with Crippen LogP contribution in [0.1, 0.15) is 19.1 Å². The van der Waals surface area contributed by atoms with Gasteiger partial charge in [-0.25, -0.2) is 19.6 Å². The number of halogens is 3. The molecule has 38 heavy (non-hydrogen) atoms. The van der Waals surface area contributed by atoms with E-state index in [0.717, 1.165) is 17.5 Å². The van der Waals surface area contributed by atoms with Crippen LogP contribution < -0.4 is 10.2 Å². The lowest BCUT2D eigenvalue weighted by Gasteiger charge is -2.37. The Morgan fingerprint density at radius 3 is 2.79 bits per heavy atom. The Bertz CT molecular complexity index is 1120. The molecule has 2 aromatic heterocycles. The second-order valence-corrected chi connectivity index (χ2v) is 12.4. The van der Waals surface area contributed by atoms with E-state index >= 15 is 0 Å². The minimum atomic E-state index is -4.34. The van der Waals surface area contributed by atoms with Crippen LogP contribution in [0.2, 0.25) is 0 Å². The second kappa shape index (κ2) is 13.0. The first-order chi connectivity index (χ1) is 18.1. The molecule has 0 spiro atoms. The number of aliphatic hydroxyl groups excluding tert-OH is 1. The fourth-order valence-electron chi connectivity index (χ4n) is 3.91. The normalized spacial score (nSPS) is 24.6. The van der Waals surface area contributed by atoms with Gasteiger partial charge in [-0.15, -0.1) is 0 Å². The van der Waals surface area contributed by atoms with Gasteiger partial charge in [0.1, 0.15) is 12.3 Å². The quantitative estimate of drug-likeness (QED) is 0.159. The van der Waals surface area contributed by atoms with Gasteiger partial charge in [-0.05, 0) is 6.26 Å². The molecule has 4 heterocycles. The Hall–Kier alpha value is -1.17. The van der Waals surface area contributed by atoms with Gasteiger partial charge < -0.3 is 29.3 Å². The lowest BCUT2D eigenvalue weighted by atomic mass is 10.2. The highest BCUT2D eigenvalue weighted by molar-refractivity contribution is 7.99. The maximum Gasteiger partial charge on any atom is 0.389 e. The van der Waals surface area contributed by atoms with Crippen molar-refractivity contribution in [2.24, 2.45) is 0 Å². The summed E-state index contributed by atoms with van der Waals surface area (Å²) in [6, 6.07) is 0. The molecule has 0 bridgehead atoms. The summed E-state index contributed by atoms with van der Waals surface area (Å²) in [5.74, 6) is 0.911. The van der Waals surface area contributed by atoms with Gasteiger partial charge in [0, 0.05) is 37.6 Å². The molecule has 4 atom stereocenters. The number of hydrogen-bond donors (Lipinski definition) is 2. The van der Waals surface area contributed by atoms with Gasteiger partial charge in [-0.1, -0.05) is 11.8 Å². The Morgan fingerprint density at radius 2 is 2.08 bits per heavy atom. The van der Waals surface area contributed by atoms with Crippen molar-refractivity contribution < 1.29 is 41.7 Å². The van der Waals surface area contributed by atoms with Crippen LogP contribution in [0.25, 0.3) is 11.2 Å².